The monoisotopic (exact) mass is 240 g/mol. The van der Waals surface area contributed by atoms with Crippen LogP contribution in [0.25, 0.3) is 0 Å². The maximum Gasteiger partial charge on any atom is 0.312 e. The molecular weight excluding hydrogens is 224 g/mol. The lowest BCUT2D eigenvalue weighted by molar-refractivity contribution is -0.122. The number of nitrogens with two attached hydrogens (primary N) is 2. The highest BCUT2D eigenvalue weighted by atomic mass is 16.2. The number of carbonyl (C=O) groups excluding carboxylic acids is 2. The first-order chi connectivity index (χ1) is 8.00. The molecule has 1 aromatic rings. The van der Waals surface area contributed by atoms with Crippen LogP contribution in [-0.4, -0.2) is 34.8 Å². The number of primary amides is 1. The molecule has 0 aromatic carbocycles. The van der Waals surface area contributed by atoms with Crippen LogP contribution in [0.5, 0.6) is 0 Å². The number of urea groups is 1. The Morgan fingerprint density at radius 3 is 2.65 bits per heavy atom. The molecule has 0 aliphatic rings. The standard InChI is InChI=1S/C9H16N6O2/c1-15-5-6(4-14-15)7(10)8(16)12-2-3-13-9(11)17/h4-5,7H,2-3,10H2,1H3,(H,12,16)(H3,11,13,17). The Hall–Kier alpha value is -2.09. The van der Waals surface area contributed by atoms with Crippen LogP contribution in [0, 0.1) is 0 Å². The second-order valence-corrected chi connectivity index (χ2v) is 3.51. The molecule has 8 heteroatoms. The molecule has 1 aromatic heterocycles. The van der Waals surface area contributed by atoms with E-state index in [0.29, 0.717) is 5.56 Å². The molecule has 6 N–H and O–H groups in total. The van der Waals surface area contributed by atoms with E-state index in [4.69, 9.17) is 11.5 Å². The van der Waals surface area contributed by atoms with Crippen molar-refractivity contribution in [2.24, 2.45) is 18.5 Å². The van der Waals surface area contributed by atoms with Crippen molar-refractivity contribution < 1.29 is 9.59 Å². The molecule has 0 aliphatic heterocycles. The van der Waals surface area contributed by atoms with Gasteiger partial charge in [-0.15, -0.1) is 0 Å². The van der Waals surface area contributed by atoms with Crippen LogP contribution in [0.2, 0.25) is 0 Å². The van der Waals surface area contributed by atoms with Gasteiger partial charge in [0, 0.05) is 31.9 Å². The quantitative estimate of drug-likeness (QED) is 0.453. The summed E-state index contributed by atoms with van der Waals surface area (Å²) in [5.74, 6) is -0.329. The Labute approximate surface area is 98.3 Å². The molecule has 0 spiro atoms. The first kappa shape index (κ1) is 13.0. The molecule has 0 bridgehead atoms. The molecule has 17 heavy (non-hydrogen) atoms. The van der Waals surface area contributed by atoms with Gasteiger partial charge in [0.1, 0.15) is 6.04 Å². The third-order valence-electron chi connectivity index (χ3n) is 2.09. The molecule has 0 radical (unpaired) electrons. The summed E-state index contributed by atoms with van der Waals surface area (Å²) in [6.45, 7) is 0.538. The SMILES string of the molecule is Cn1cc(C(N)C(=O)NCCNC(N)=O)cn1. The summed E-state index contributed by atoms with van der Waals surface area (Å²) in [6.07, 6.45) is 3.21. The molecule has 0 aliphatic carbocycles. The van der Waals surface area contributed by atoms with Crippen LogP contribution in [0.4, 0.5) is 4.79 Å². The fourth-order valence-electron chi connectivity index (χ4n) is 1.23. The van der Waals surface area contributed by atoms with E-state index in [1.54, 1.807) is 17.9 Å². The van der Waals surface area contributed by atoms with E-state index >= 15 is 0 Å². The van der Waals surface area contributed by atoms with Gasteiger partial charge in [-0.1, -0.05) is 0 Å². The van der Waals surface area contributed by atoms with Gasteiger partial charge in [-0.3, -0.25) is 9.48 Å². The Morgan fingerprint density at radius 2 is 2.12 bits per heavy atom. The van der Waals surface area contributed by atoms with Crippen LogP contribution < -0.4 is 22.1 Å². The van der Waals surface area contributed by atoms with Gasteiger partial charge in [0.25, 0.3) is 0 Å². The average Bonchev–Trinajstić information content (AvgIpc) is 2.69. The summed E-state index contributed by atoms with van der Waals surface area (Å²) in [4.78, 5) is 21.9. The predicted molar refractivity (Wildman–Crippen MR) is 60.7 cm³/mol. The summed E-state index contributed by atoms with van der Waals surface area (Å²) >= 11 is 0. The molecule has 0 saturated carbocycles. The third kappa shape index (κ3) is 4.11. The minimum absolute atomic E-state index is 0.265. The van der Waals surface area contributed by atoms with Gasteiger partial charge < -0.3 is 22.1 Å². The number of aromatic nitrogens is 2. The summed E-state index contributed by atoms with van der Waals surface area (Å²) in [5, 5.41) is 8.85. The van der Waals surface area contributed by atoms with Gasteiger partial charge in [0.15, 0.2) is 0 Å². The topological polar surface area (TPSA) is 128 Å². The highest BCUT2D eigenvalue weighted by Gasteiger charge is 2.16. The van der Waals surface area contributed by atoms with E-state index in [2.05, 4.69) is 15.7 Å². The summed E-state index contributed by atoms with van der Waals surface area (Å²) < 4.78 is 1.57. The second kappa shape index (κ2) is 5.85. The number of aryl methyl sites for hydroxylation is 1. The van der Waals surface area contributed by atoms with Gasteiger partial charge in [-0.25, -0.2) is 4.79 Å². The zero-order chi connectivity index (χ0) is 12.8. The molecule has 0 fully saturated rings. The van der Waals surface area contributed by atoms with Gasteiger partial charge in [0.05, 0.1) is 6.20 Å². The number of amides is 3. The van der Waals surface area contributed by atoms with E-state index in [1.165, 1.54) is 6.20 Å². The fraction of sp³-hybridized carbons (Fsp3) is 0.444. The van der Waals surface area contributed by atoms with Crippen LogP contribution in [-0.2, 0) is 11.8 Å². The largest absolute Gasteiger partial charge is 0.353 e. The summed E-state index contributed by atoms with van der Waals surface area (Å²) in [7, 11) is 1.74. The number of hydrogen-bond donors (Lipinski definition) is 4. The van der Waals surface area contributed by atoms with Crippen molar-refractivity contribution in [3.63, 3.8) is 0 Å². The van der Waals surface area contributed by atoms with E-state index in [-0.39, 0.29) is 19.0 Å². The Balaban J connectivity index is 2.35. The first-order valence-corrected chi connectivity index (χ1v) is 5.06. The van der Waals surface area contributed by atoms with E-state index in [9.17, 15) is 9.59 Å². The molecule has 1 atom stereocenters. The zero-order valence-corrected chi connectivity index (χ0v) is 9.51. The Kier molecular flexibility index (Phi) is 4.46. The lowest BCUT2D eigenvalue weighted by Gasteiger charge is -2.10. The van der Waals surface area contributed by atoms with Crippen molar-refractivity contribution in [2.75, 3.05) is 13.1 Å². The molecule has 94 valence electrons. The second-order valence-electron chi connectivity index (χ2n) is 3.51. The number of hydrogen-bond acceptors (Lipinski definition) is 4. The first-order valence-electron chi connectivity index (χ1n) is 5.06. The van der Waals surface area contributed by atoms with Crippen molar-refractivity contribution in [2.45, 2.75) is 6.04 Å². The van der Waals surface area contributed by atoms with Gasteiger partial charge in [-0.2, -0.15) is 5.10 Å². The van der Waals surface area contributed by atoms with Crippen LogP contribution >= 0.6 is 0 Å². The normalized spacial score (nSPS) is 11.9. The van der Waals surface area contributed by atoms with Crippen molar-refractivity contribution in [3.05, 3.63) is 18.0 Å². The van der Waals surface area contributed by atoms with Gasteiger partial charge in [0.2, 0.25) is 5.91 Å². The van der Waals surface area contributed by atoms with E-state index in [1.807, 2.05) is 0 Å². The highest BCUT2D eigenvalue weighted by molar-refractivity contribution is 5.82. The highest BCUT2D eigenvalue weighted by Crippen LogP contribution is 2.07. The number of rotatable bonds is 5. The fourth-order valence-corrected chi connectivity index (χ4v) is 1.23. The maximum atomic E-state index is 11.6. The molecule has 1 heterocycles. The third-order valence-corrected chi connectivity index (χ3v) is 2.09. The molecule has 1 unspecified atom stereocenters. The minimum atomic E-state index is -0.766. The van der Waals surface area contributed by atoms with E-state index in [0.717, 1.165) is 0 Å². The summed E-state index contributed by atoms with van der Waals surface area (Å²) in [6, 6.07) is -1.40. The smallest absolute Gasteiger partial charge is 0.312 e. The molecule has 3 amide bonds. The predicted octanol–water partition coefficient (Wildman–Crippen LogP) is -1.80. The average molecular weight is 240 g/mol. The zero-order valence-electron chi connectivity index (χ0n) is 9.51. The molecule has 0 saturated heterocycles. The maximum absolute atomic E-state index is 11.6. The molecule has 1 rings (SSSR count). The van der Waals surface area contributed by atoms with Gasteiger partial charge in [-0.05, 0) is 0 Å². The Morgan fingerprint density at radius 1 is 1.47 bits per heavy atom. The van der Waals surface area contributed by atoms with Crippen LogP contribution in [0.15, 0.2) is 12.4 Å². The minimum Gasteiger partial charge on any atom is -0.353 e. The summed E-state index contributed by atoms with van der Waals surface area (Å²) in [5.41, 5.74) is 11.2. The number of nitrogens with zero attached hydrogens (tertiary/aromatic N) is 2. The molecular formula is C9H16N6O2. The van der Waals surface area contributed by atoms with Crippen molar-refractivity contribution in [1.29, 1.82) is 0 Å². The van der Waals surface area contributed by atoms with E-state index < -0.39 is 12.1 Å². The molecule has 8 nitrogen and oxygen atoms in total. The Bertz CT molecular complexity index is 402. The van der Waals surface area contributed by atoms with Crippen LogP contribution in [0.3, 0.4) is 0 Å². The number of carbonyl (C=O) groups is 2. The lowest BCUT2D eigenvalue weighted by atomic mass is 10.1. The number of nitrogens with one attached hydrogen (secondary N) is 2. The van der Waals surface area contributed by atoms with Crippen molar-refractivity contribution in [3.8, 4) is 0 Å². The van der Waals surface area contributed by atoms with Crippen molar-refractivity contribution in [1.82, 2.24) is 20.4 Å². The lowest BCUT2D eigenvalue weighted by Crippen LogP contribution is -2.40. The van der Waals surface area contributed by atoms with Crippen LogP contribution in [0.1, 0.15) is 11.6 Å². The van der Waals surface area contributed by atoms with Gasteiger partial charge >= 0.3 is 6.03 Å². The van der Waals surface area contributed by atoms with Crippen molar-refractivity contribution >= 4 is 11.9 Å².